The van der Waals surface area contributed by atoms with Crippen LogP contribution >= 0.6 is 0 Å². The number of carbonyl (C=O) groups is 1. The summed E-state index contributed by atoms with van der Waals surface area (Å²) < 4.78 is 0. The molecule has 23 heavy (non-hydrogen) atoms. The number of hydrogen-bond acceptors (Lipinski definition) is 4. The first-order valence-electron chi connectivity index (χ1n) is 7.93. The van der Waals surface area contributed by atoms with Gasteiger partial charge in [0.1, 0.15) is 11.5 Å². The van der Waals surface area contributed by atoms with Crippen LogP contribution in [-0.2, 0) is 0 Å². The number of benzene rings is 1. The Labute approximate surface area is 137 Å². The van der Waals surface area contributed by atoms with E-state index in [9.17, 15) is 4.79 Å². The van der Waals surface area contributed by atoms with Crippen molar-refractivity contribution in [3.05, 3.63) is 47.4 Å². The topological polar surface area (TPSA) is 58.1 Å². The zero-order chi connectivity index (χ0) is 16.8. The molecule has 0 unspecified atom stereocenters. The SMILES string of the molecule is CCCCN(C)c1cnc(C(=O)Nc2c(C)cccc2C)cn1. The molecule has 0 fully saturated rings. The van der Waals surface area contributed by atoms with Gasteiger partial charge in [0.05, 0.1) is 12.4 Å². The molecule has 0 radical (unpaired) electrons. The van der Waals surface area contributed by atoms with Crippen molar-refractivity contribution >= 4 is 17.4 Å². The lowest BCUT2D eigenvalue weighted by atomic mass is 10.1. The summed E-state index contributed by atoms with van der Waals surface area (Å²) in [5, 5.41) is 2.92. The average molecular weight is 312 g/mol. The predicted octanol–water partition coefficient (Wildman–Crippen LogP) is 3.58. The normalized spacial score (nSPS) is 10.4. The monoisotopic (exact) mass is 312 g/mol. The number of aromatic nitrogens is 2. The van der Waals surface area contributed by atoms with Crippen molar-refractivity contribution in [1.82, 2.24) is 9.97 Å². The molecule has 2 rings (SSSR count). The van der Waals surface area contributed by atoms with Gasteiger partial charge in [0.2, 0.25) is 0 Å². The fourth-order valence-corrected chi connectivity index (χ4v) is 2.33. The largest absolute Gasteiger partial charge is 0.358 e. The van der Waals surface area contributed by atoms with E-state index < -0.39 is 0 Å². The van der Waals surface area contributed by atoms with Crippen LogP contribution in [0.2, 0.25) is 0 Å². The van der Waals surface area contributed by atoms with Crippen molar-refractivity contribution < 1.29 is 4.79 Å². The van der Waals surface area contributed by atoms with Crippen LogP contribution in [0.25, 0.3) is 0 Å². The molecule has 0 aliphatic rings. The van der Waals surface area contributed by atoms with Crippen molar-refractivity contribution in [2.24, 2.45) is 0 Å². The highest BCUT2D eigenvalue weighted by atomic mass is 16.1. The third kappa shape index (κ3) is 4.28. The van der Waals surface area contributed by atoms with Crippen LogP contribution in [0.1, 0.15) is 41.4 Å². The summed E-state index contributed by atoms with van der Waals surface area (Å²) in [6.45, 7) is 7.03. The van der Waals surface area contributed by atoms with Gasteiger partial charge in [0.15, 0.2) is 0 Å². The fourth-order valence-electron chi connectivity index (χ4n) is 2.33. The third-order valence-electron chi connectivity index (χ3n) is 3.83. The number of carbonyl (C=O) groups excluding carboxylic acids is 1. The molecule has 1 amide bonds. The number of rotatable bonds is 6. The second kappa shape index (κ2) is 7.72. The van der Waals surface area contributed by atoms with Gasteiger partial charge in [-0.15, -0.1) is 0 Å². The van der Waals surface area contributed by atoms with E-state index >= 15 is 0 Å². The second-order valence-electron chi connectivity index (χ2n) is 5.76. The maximum atomic E-state index is 12.3. The van der Waals surface area contributed by atoms with Crippen molar-refractivity contribution in [3.63, 3.8) is 0 Å². The zero-order valence-corrected chi connectivity index (χ0v) is 14.3. The maximum absolute atomic E-state index is 12.3. The Morgan fingerprint density at radius 3 is 2.43 bits per heavy atom. The average Bonchev–Trinajstić information content (AvgIpc) is 2.56. The number of hydrogen-bond donors (Lipinski definition) is 1. The molecule has 1 N–H and O–H groups in total. The Morgan fingerprint density at radius 2 is 1.87 bits per heavy atom. The van der Waals surface area contributed by atoms with Crippen LogP contribution in [0.3, 0.4) is 0 Å². The Kier molecular flexibility index (Phi) is 5.68. The molecular weight excluding hydrogens is 288 g/mol. The Morgan fingerprint density at radius 1 is 1.17 bits per heavy atom. The molecule has 0 aliphatic carbocycles. The lowest BCUT2D eigenvalue weighted by Crippen LogP contribution is -2.21. The van der Waals surface area contributed by atoms with Crippen molar-refractivity contribution in [2.75, 3.05) is 23.8 Å². The van der Waals surface area contributed by atoms with Crippen LogP contribution in [-0.4, -0.2) is 29.5 Å². The standard InChI is InChI=1S/C18H24N4O/c1-5-6-10-22(4)16-12-19-15(11-20-16)18(23)21-17-13(2)8-7-9-14(17)3/h7-9,11-12H,5-6,10H2,1-4H3,(H,21,23). The highest BCUT2D eigenvalue weighted by molar-refractivity contribution is 6.03. The summed E-state index contributed by atoms with van der Waals surface area (Å²) in [6.07, 6.45) is 5.41. The van der Waals surface area contributed by atoms with Gasteiger partial charge in [-0.05, 0) is 31.4 Å². The van der Waals surface area contributed by atoms with E-state index in [-0.39, 0.29) is 5.91 Å². The van der Waals surface area contributed by atoms with E-state index in [4.69, 9.17) is 0 Å². The Balaban J connectivity index is 2.08. The number of nitrogens with one attached hydrogen (secondary N) is 1. The lowest BCUT2D eigenvalue weighted by molar-refractivity contribution is 0.102. The minimum atomic E-state index is -0.238. The van der Waals surface area contributed by atoms with Gasteiger partial charge in [0, 0.05) is 19.3 Å². The van der Waals surface area contributed by atoms with Gasteiger partial charge >= 0.3 is 0 Å². The summed E-state index contributed by atoms with van der Waals surface area (Å²) in [6, 6.07) is 5.92. The first-order chi connectivity index (χ1) is 11.0. The molecule has 1 heterocycles. The van der Waals surface area contributed by atoms with Gasteiger partial charge < -0.3 is 10.2 Å². The van der Waals surface area contributed by atoms with Crippen LogP contribution in [0.15, 0.2) is 30.6 Å². The van der Waals surface area contributed by atoms with Gasteiger partial charge in [-0.2, -0.15) is 0 Å². The minimum Gasteiger partial charge on any atom is -0.358 e. The van der Waals surface area contributed by atoms with Crippen LogP contribution in [0, 0.1) is 13.8 Å². The van der Waals surface area contributed by atoms with E-state index in [2.05, 4.69) is 22.2 Å². The molecule has 0 saturated carbocycles. The van der Waals surface area contributed by atoms with E-state index in [0.717, 1.165) is 42.0 Å². The molecule has 0 spiro atoms. The molecular formula is C18H24N4O. The highest BCUT2D eigenvalue weighted by Crippen LogP contribution is 2.20. The van der Waals surface area contributed by atoms with Gasteiger partial charge in [-0.25, -0.2) is 9.97 Å². The van der Waals surface area contributed by atoms with E-state index in [1.165, 1.54) is 6.20 Å². The van der Waals surface area contributed by atoms with Gasteiger partial charge in [-0.1, -0.05) is 31.5 Å². The maximum Gasteiger partial charge on any atom is 0.275 e. The minimum absolute atomic E-state index is 0.238. The van der Waals surface area contributed by atoms with Gasteiger partial charge in [0.25, 0.3) is 5.91 Å². The van der Waals surface area contributed by atoms with Crippen LogP contribution < -0.4 is 10.2 Å². The molecule has 0 bridgehead atoms. The summed E-state index contributed by atoms with van der Waals surface area (Å²) >= 11 is 0. The zero-order valence-electron chi connectivity index (χ0n) is 14.3. The molecule has 1 aromatic heterocycles. The number of anilines is 2. The quantitative estimate of drug-likeness (QED) is 0.885. The molecule has 2 aromatic rings. The van der Waals surface area contributed by atoms with Crippen LogP contribution in [0.4, 0.5) is 11.5 Å². The summed E-state index contributed by atoms with van der Waals surface area (Å²) in [5.41, 5.74) is 3.22. The lowest BCUT2D eigenvalue weighted by Gasteiger charge is -2.17. The fraction of sp³-hybridized carbons (Fsp3) is 0.389. The van der Waals surface area contributed by atoms with E-state index in [1.807, 2.05) is 44.0 Å². The first kappa shape index (κ1) is 16.9. The molecule has 1 aromatic carbocycles. The van der Waals surface area contributed by atoms with Gasteiger partial charge in [-0.3, -0.25) is 4.79 Å². The number of unbranched alkanes of at least 4 members (excludes halogenated alkanes) is 1. The van der Waals surface area contributed by atoms with Crippen molar-refractivity contribution in [1.29, 1.82) is 0 Å². The number of para-hydroxylation sites is 1. The first-order valence-corrected chi connectivity index (χ1v) is 7.93. The summed E-state index contributed by atoms with van der Waals surface area (Å²) in [7, 11) is 1.98. The molecule has 122 valence electrons. The number of amides is 1. The predicted molar refractivity (Wildman–Crippen MR) is 94.1 cm³/mol. The number of aryl methyl sites for hydroxylation is 2. The van der Waals surface area contributed by atoms with E-state index in [0.29, 0.717) is 5.69 Å². The molecule has 5 nitrogen and oxygen atoms in total. The van der Waals surface area contributed by atoms with E-state index in [1.54, 1.807) is 6.20 Å². The summed E-state index contributed by atoms with van der Waals surface area (Å²) in [4.78, 5) is 23.0. The number of nitrogens with zero attached hydrogens (tertiary/aromatic N) is 3. The second-order valence-corrected chi connectivity index (χ2v) is 5.76. The molecule has 0 aliphatic heterocycles. The molecule has 0 saturated heterocycles. The molecule has 5 heteroatoms. The third-order valence-corrected chi connectivity index (χ3v) is 3.83. The highest BCUT2D eigenvalue weighted by Gasteiger charge is 2.12. The Bertz CT molecular complexity index is 647. The molecule has 0 atom stereocenters. The van der Waals surface area contributed by atoms with Crippen molar-refractivity contribution in [2.45, 2.75) is 33.6 Å². The van der Waals surface area contributed by atoms with Crippen LogP contribution in [0.5, 0.6) is 0 Å². The Hall–Kier alpha value is -2.43. The van der Waals surface area contributed by atoms with Crippen molar-refractivity contribution in [3.8, 4) is 0 Å². The smallest absolute Gasteiger partial charge is 0.275 e. The summed E-state index contributed by atoms with van der Waals surface area (Å²) in [5.74, 6) is 0.541.